The number of allylic oxidation sites excluding steroid dienone is 2. The van der Waals surface area contributed by atoms with Crippen LogP contribution in [-0.2, 0) is 4.79 Å². The highest BCUT2D eigenvalue weighted by Crippen LogP contribution is 2.46. The Kier molecular flexibility index (Phi) is 4.28. The van der Waals surface area contributed by atoms with Crippen LogP contribution in [0.4, 0.5) is 0 Å². The molecule has 4 rings (SSSR count). The summed E-state index contributed by atoms with van der Waals surface area (Å²) in [7, 11) is 1.61. The molecule has 1 saturated carbocycles. The van der Waals surface area contributed by atoms with E-state index in [2.05, 4.69) is 0 Å². The Morgan fingerprint density at radius 3 is 2.62 bits per heavy atom. The van der Waals surface area contributed by atoms with Crippen LogP contribution in [0, 0.1) is 18.8 Å². The summed E-state index contributed by atoms with van der Waals surface area (Å²) >= 11 is 6.07. The summed E-state index contributed by atoms with van der Waals surface area (Å²) in [5.74, 6) is 1.21. The van der Waals surface area contributed by atoms with Gasteiger partial charge in [-0.05, 0) is 67.1 Å². The number of aliphatic hydroxyl groups excluding tert-OH is 1. The summed E-state index contributed by atoms with van der Waals surface area (Å²) in [6.45, 7) is 1.97. The molecule has 1 N–H and O–H groups in total. The molecule has 0 aromatic heterocycles. The van der Waals surface area contributed by atoms with Crippen LogP contribution in [-0.4, -0.2) is 18.0 Å². The average Bonchev–Trinajstić information content (AvgIpc) is 3.09. The van der Waals surface area contributed by atoms with E-state index in [0.29, 0.717) is 16.3 Å². The predicted octanol–water partition coefficient (Wildman–Crippen LogP) is 5.59. The highest BCUT2D eigenvalue weighted by atomic mass is 35.5. The molecule has 2 atom stereocenters. The molecule has 0 amide bonds. The maximum atomic E-state index is 12.9. The van der Waals surface area contributed by atoms with Gasteiger partial charge in [-0.2, -0.15) is 0 Å². The van der Waals surface area contributed by atoms with Crippen molar-refractivity contribution < 1.29 is 14.6 Å². The second kappa shape index (κ2) is 6.48. The summed E-state index contributed by atoms with van der Waals surface area (Å²) in [5, 5.41) is 11.3. The van der Waals surface area contributed by atoms with Crippen LogP contribution in [0.1, 0.15) is 30.4 Å². The topological polar surface area (TPSA) is 46.5 Å². The zero-order valence-corrected chi connectivity index (χ0v) is 15.6. The first-order chi connectivity index (χ1) is 12.5. The van der Waals surface area contributed by atoms with Gasteiger partial charge in [0.2, 0.25) is 0 Å². The number of Topliss-reactive ketones (excluding diaryl/α,β-unsaturated/α-hetero) is 1. The SMILES string of the molecule is COc1cc(Cl)ccc1-c1ccc(C)c(C2=C(O)C3CCC(C3)C2=O)c1. The number of methoxy groups -OCH3 is 1. The highest BCUT2D eigenvalue weighted by molar-refractivity contribution is 6.30. The lowest BCUT2D eigenvalue weighted by atomic mass is 9.81. The fourth-order valence-corrected chi connectivity index (χ4v) is 4.40. The molecule has 2 bridgehead atoms. The van der Waals surface area contributed by atoms with Gasteiger partial charge < -0.3 is 9.84 Å². The van der Waals surface area contributed by atoms with Crippen LogP contribution in [0.3, 0.4) is 0 Å². The van der Waals surface area contributed by atoms with Crippen molar-refractivity contribution in [2.24, 2.45) is 11.8 Å². The lowest BCUT2D eigenvalue weighted by Crippen LogP contribution is -2.21. The van der Waals surface area contributed by atoms with Gasteiger partial charge >= 0.3 is 0 Å². The van der Waals surface area contributed by atoms with Gasteiger partial charge in [0.25, 0.3) is 0 Å². The van der Waals surface area contributed by atoms with Crippen molar-refractivity contribution in [3.63, 3.8) is 0 Å². The summed E-state index contributed by atoms with van der Waals surface area (Å²) in [6, 6.07) is 11.5. The maximum absolute atomic E-state index is 12.9. The van der Waals surface area contributed by atoms with Crippen molar-refractivity contribution in [2.45, 2.75) is 26.2 Å². The normalized spacial score (nSPS) is 22.0. The molecule has 134 valence electrons. The number of ether oxygens (including phenoxy) is 1. The first-order valence-corrected chi connectivity index (χ1v) is 9.29. The second-order valence-electron chi connectivity index (χ2n) is 7.21. The molecule has 26 heavy (non-hydrogen) atoms. The van der Waals surface area contributed by atoms with Gasteiger partial charge in [-0.1, -0.05) is 23.7 Å². The van der Waals surface area contributed by atoms with Crippen molar-refractivity contribution in [3.8, 4) is 16.9 Å². The number of hydrogen-bond donors (Lipinski definition) is 1. The number of ketones is 1. The van der Waals surface area contributed by atoms with E-state index in [9.17, 15) is 9.90 Å². The Bertz CT molecular complexity index is 929. The molecule has 0 spiro atoms. The number of benzene rings is 2. The summed E-state index contributed by atoms with van der Waals surface area (Å²) in [6.07, 6.45) is 2.56. The maximum Gasteiger partial charge on any atom is 0.169 e. The van der Waals surface area contributed by atoms with E-state index in [4.69, 9.17) is 16.3 Å². The van der Waals surface area contributed by atoms with E-state index in [1.165, 1.54) is 0 Å². The fraction of sp³-hybridized carbons (Fsp3) is 0.318. The Morgan fingerprint density at radius 2 is 1.85 bits per heavy atom. The Morgan fingerprint density at radius 1 is 1.08 bits per heavy atom. The molecule has 1 fully saturated rings. The third-order valence-electron chi connectivity index (χ3n) is 5.67. The molecule has 2 aromatic rings. The number of carbonyl (C=O) groups is 1. The number of carbonyl (C=O) groups excluding carboxylic acids is 1. The monoisotopic (exact) mass is 368 g/mol. The molecule has 0 heterocycles. The molecule has 2 aliphatic rings. The lowest BCUT2D eigenvalue weighted by molar-refractivity contribution is -0.117. The van der Waals surface area contributed by atoms with E-state index < -0.39 is 0 Å². The number of rotatable bonds is 3. The summed E-state index contributed by atoms with van der Waals surface area (Å²) in [4.78, 5) is 12.9. The minimum atomic E-state index is 0.0547. The van der Waals surface area contributed by atoms with E-state index in [1.807, 2.05) is 37.3 Å². The fourth-order valence-electron chi connectivity index (χ4n) is 4.24. The third-order valence-corrected chi connectivity index (χ3v) is 5.91. The van der Waals surface area contributed by atoms with Gasteiger partial charge in [0, 0.05) is 22.4 Å². The van der Waals surface area contributed by atoms with Crippen molar-refractivity contribution >= 4 is 23.0 Å². The molecule has 0 radical (unpaired) electrons. The molecule has 2 aromatic carbocycles. The molecule has 3 nitrogen and oxygen atoms in total. The first kappa shape index (κ1) is 17.2. The van der Waals surface area contributed by atoms with Crippen molar-refractivity contribution in [2.75, 3.05) is 7.11 Å². The quantitative estimate of drug-likeness (QED) is 0.767. The van der Waals surface area contributed by atoms with Gasteiger partial charge in [0.15, 0.2) is 5.78 Å². The first-order valence-electron chi connectivity index (χ1n) is 8.92. The minimum Gasteiger partial charge on any atom is -0.511 e. The van der Waals surface area contributed by atoms with Crippen molar-refractivity contribution in [3.05, 3.63) is 58.3 Å². The summed E-state index contributed by atoms with van der Waals surface area (Å²) in [5.41, 5.74) is 4.15. The molecule has 2 unspecified atom stereocenters. The number of aryl methyl sites for hydroxylation is 1. The average molecular weight is 369 g/mol. The zero-order chi connectivity index (χ0) is 18.4. The molecular formula is C22H21ClO3. The number of aliphatic hydroxyl groups is 1. The smallest absolute Gasteiger partial charge is 0.169 e. The Labute approximate surface area is 158 Å². The molecule has 0 aliphatic heterocycles. The van der Waals surface area contributed by atoms with Gasteiger partial charge in [0.1, 0.15) is 11.5 Å². The second-order valence-corrected chi connectivity index (χ2v) is 7.64. The minimum absolute atomic E-state index is 0.0547. The number of fused-ring (bicyclic) bond motifs is 2. The summed E-state index contributed by atoms with van der Waals surface area (Å²) < 4.78 is 5.47. The number of hydrogen-bond acceptors (Lipinski definition) is 3. The van der Waals surface area contributed by atoms with E-state index in [-0.39, 0.29) is 23.4 Å². The van der Waals surface area contributed by atoms with Gasteiger partial charge in [0.05, 0.1) is 12.7 Å². The van der Waals surface area contributed by atoms with Crippen molar-refractivity contribution in [1.29, 1.82) is 0 Å². The van der Waals surface area contributed by atoms with Gasteiger partial charge in [-0.15, -0.1) is 0 Å². The van der Waals surface area contributed by atoms with Crippen LogP contribution < -0.4 is 4.74 Å². The predicted molar refractivity (Wildman–Crippen MR) is 104 cm³/mol. The molecule has 2 aliphatic carbocycles. The third kappa shape index (κ3) is 2.71. The highest BCUT2D eigenvalue weighted by Gasteiger charge is 2.41. The standard InChI is InChI=1S/C22H21ClO3/c1-12-3-4-13(17-8-7-16(23)11-19(17)26-2)10-18(12)20-21(24)14-5-6-15(9-14)22(20)25/h3-4,7-8,10-11,14-15,24H,5-6,9H2,1-2H3. The van der Waals surface area contributed by atoms with Crippen LogP contribution in [0.5, 0.6) is 5.75 Å². The lowest BCUT2D eigenvalue weighted by Gasteiger charge is -2.23. The molecular weight excluding hydrogens is 348 g/mol. The van der Waals surface area contributed by atoms with Crippen LogP contribution in [0.25, 0.3) is 16.7 Å². The largest absolute Gasteiger partial charge is 0.511 e. The Balaban J connectivity index is 1.86. The van der Waals surface area contributed by atoms with Gasteiger partial charge in [-0.25, -0.2) is 0 Å². The van der Waals surface area contributed by atoms with Gasteiger partial charge in [-0.3, -0.25) is 4.79 Å². The van der Waals surface area contributed by atoms with Crippen molar-refractivity contribution in [1.82, 2.24) is 0 Å². The van der Waals surface area contributed by atoms with E-state index in [0.717, 1.165) is 41.5 Å². The molecule has 0 saturated heterocycles. The van der Waals surface area contributed by atoms with Crippen LogP contribution >= 0.6 is 11.6 Å². The molecule has 4 heteroatoms. The number of halogens is 1. The zero-order valence-electron chi connectivity index (χ0n) is 14.9. The van der Waals surface area contributed by atoms with Crippen LogP contribution in [0.2, 0.25) is 5.02 Å². The Hall–Kier alpha value is -2.26. The van der Waals surface area contributed by atoms with E-state index >= 15 is 0 Å². The van der Waals surface area contributed by atoms with Crippen LogP contribution in [0.15, 0.2) is 42.2 Å². The van der Waals surface area contributed by atoms with E-state index in [1.54, 1.807) is 13.2 Å².